The van der Waals surface area contributed by atoms with E-state index in [1.807, 2.05) is 43.5 Å². The molecule has 0 aliphatic rings. The Morgan fingerprint density at radius 3 is 2.69 bits per heavy atom. The summed E-state index contributed by atoms with van der Waals surface area (Å²) < 4.78 is 11.6. The highest BCUT2D eigenvalue weighted by molar-refractivity contribution is 9.10. The van der Waals surface area contributed by atoms with Gasteiger partial charge in [0.15, 0.2) is 17.5 Å². The second-order valence-electron chi connectivity index (χ2n) is 5.51. The molecule has 0 spiro atoms. The van der Waals surface area contributed by atoms with E-state index in [-0.39, 0.29) is 0 Å². The number of guanidine groups is 1. The molecule has 140 valence electrons. The highest BCUT2D eigenvalue weighted by Crippen LogP contribution is 2.36. The van der Waals surface area contributed by atoms with E-state index in [1.165, 1.54) is 0 Å². The summed E-state index contributed by atoms with van der Waals surface area (Å²) in [6.07, 6.45) is 2.65. The van der Waals surface area contributed by atoms with Gasteiger partial charge < -0.3 is 20.1 Å². The number of nitrogens with zero attached hydrogens (tertiary/aromatic N) is 2. The summed E-state index contributed by atoms with van der Waals surface area (Å²) in [5.41, 5.74) is 2.08. The first kappa shape index (κ1) is 20.0. The minimum atomic E-state index is 0.526. The zero-order valence-corrected chi connectivity index (χ0v) is 17.0. The Balaban J connectivity index is 2.00. The first-order valence-corrected chi connectivity index (χ1v) is 9.29. The maximum atomic E-state index is 5.38. The van der Waals surface area contributed by atoms with Crippen LogP contribution in [0.1, 0.15) is 18.2 Å². The number of hydrogen-bond acceptors (Lipinski definition) is 4. The summed E-state index contributed by atoms with van der Waals surface area (Å²) in [4.78, 5) is 8.97. The van der Waals surface area contributed by atoms with E-state index >= 15 is 0 Å². The summed E-state index contributed by atoms with van der Waals surface area (Å²) in [5, 5.41) is 6.59. The Morgan fingerprint density at radius 2 is 2.04 bits per heavy atom. The molecule has 0 aliphatic heterocycles. The predicted octanol–water partition coefficient (Wildman–Crippen LogP) is 3.16. The smallest absolute Gasteiger partial charge is 0.191 e. The summed E-state index contributed by atoms with van der Waals surface area (Å²) in [7, 11) is 3.25. The molecular formula is C19H25BrN4O2. The van der Waals surface area contributed by atoms with Crippen molar-refractivity contribution in [3.63, 3.8) is 0 Å². The maximum Gasteiger partial charge on any atom is 0.191 e. The molecule has 1 aromatic carbocycles. The third-order valence-corrected chi connectivity index (χ3v) is 4.25. The van der Waals surface area contributed by atoms with Gasteiger partial charge in [-0.15, -0.1) is 0 Å². The van der Waals surface area contributed by atoms with Gasteiger partial charge >= 0.3 is 0 Å². The normalized spacial score (nSPS) is 11.2. The fourth-order valence-corrected chi connectivity index (χ4v) is 3.08. The van der Waals surface area contributed by atoms with Gasteiger partial charge in [-0.1, -0.05) is 6.07 Å². The summed E-state index contributed by atoms with van der Waals surface area (Å²) in [6, 6.07) is 9.86. The largest absolute Gasteiger partial charge is 0.493 e. The zero-order valence-electron chi connectivity index (χ0n) is 15.4. The van der Waals surface area contributed by atoms with Crippen molar-refractivity contribution in [3.8, 4) is 11.5 Å². The van der Waals surface area contributed by atoms with Gasteiger partial charge in [-0.2, -0.15) is 0 Å². The number of pyridine rings is 1. The van der Waals surface area contributed by atoms with Gasteiger partial charge in [-0.3, -0.25) is 4.98 Å². The second-order valence-corrected chi connectivity index (χ2v) is 6.36. The average Bonchev–Trinajstić information content (AvgIpc) is 2.66. The molecule has 26 heavy (non-hydrogen) atoms. The molecule has 2 N–H and O–H groups in total. The third kappa shape index (κ3) is 5.91. The molecule has 1 heterocycles. The first-order chi connectivity index (χ1) is 12.7. The number of rotatable bonds is 8. The van der Waals surface area contributed by atoms with Crippen molar-refractivity contribution in [3.05, 3.63) is 52.3 Å². The van der Waals surface area contributed by atoms with Gasteiger partial charge in [0.05, 0.1) is 25.2 Å². The highest BCUT2D eigenvalue weighted by Gasteiger charge is 2.10. The van der Waals surface area contributed by atoms with Gasteiger partial charge in [0.2, 0.25) is 0 Å². The number of aliphatic imine (C=N–C) groups is 1. The van der Waals surface area contributed by atoms with Crippen molar-refractivity contribution in [1.29, 1.82) is 0 Å². The number of nitrogens with one attached hydrogen (secondary N) is 2. The van der Waals surface area contributed by atoms with Crippen LogP contribution in [0.2, 0.25) is 0 Å². The SMILES string of the molecule is CCNC(=NCc1cc(Br)c(OC)c(OC)c1)NCCc1ccccn1. The second kappa shape index (κ2) is 10.7. The van der Waals surface area contributed by atoms with E-state index in [1.54, 1.807) is 14.2 Å². The standard InChI is InChI=1S/C19H25BrN4O2/c1-4-21-19(23-10-8-15-7-5-6-9-22-15)24-13-14-11-16(20)18(26-3)17(12-14)25-2/h5-7,9,11-12H,4,8,10,13H2,1-3H3,(H2,21,23,24). The van der Waals surface area contributed by atoms with Crippen LogP contribution in [-0.2, 0) is 13.0 Å². The molecule has 0 amide bonds. The third-order valence-electron chi connectivity index (χ3n) is 3.66. The molecule has 1 aromatic heterocycles. The molecule has 2 rings (SSSR count). The lowest BCUT2D eigenvalue weighted by atomic mass is 10.2. The minimum Gasteiger partial charge on any atom is -0.493 e. The van der Waals surface area contributed by atoms with Crippen LogP contribution in [0.25, 0.3) is 0 Å². The molecule has 0 saturated carbocycles. The molecule has 2 aromatic rings. The average molecular weight is 421 g/mol. The minimum absolute atomic E-state index is 0.526. The molecule has 0 bridgehead atoms. The fourth-order valence-electron chi connectivity index (χ4n) is 2.43. The number of ether oxygens (including phenoxy) is 2. The zero-order chi connectivity index (χ0) is 18.8. The van der Waals surface area contributed by atoms with Crippen molar-refractivity contribution in [2.24, 2.45) is 4.99 Å². The highest BCUT2D eigenvalue weighted by atomic mass is 79.9. The monoisotopic (exact) mass is 420 g/mol. The number of hydrogen-bond donors (Lipinski definition) is 2. The lowest BCUT2D eigenvalue weighted by Gasteiger charge is -2.13. The van der Waals surface area contributed by atoms with Crippen molar-refractivity contribution >= 4 is 21.9 Å². The van der Waals surface area contributed by atoms with Crippen molar-refractivity contribution in [1.82, 2.24) is 15.6 Å². The van der Waals surface area contributed by atoms with Crippen LogP contribution in [0.15, 0.2) is 46.0 Å². The summed E-state index contributed by atoms with van der Waals surface area (Å²) in [6.45, 7) is 4.13. The topological polar surface area (TPSA) is 67.8 Å². The van der Waals surface area contributed by atoms with E-state index in [4.69, 9.17) is 9.47 Å². The van der Waals surface area contributed by atoms with E-state index < -0.39 is 0 Å². The lowest BCUT2D eigenvalue weighted by molar-refractivity contribution is 0.352. The Hall–Kier alpha value is -2.28. The number of benzene rings is 1. The lowest BCUT2D eigenvalue weighted by Crippen LogP contribution is -2.38. The van der Waals surface area contributed by atoms with E-state index in [0.29, 0.717) is 18.0 Å². The van der Waals surface area contributed by atoms with E-state index in [2.05, 4.69) is 36.5 Å². The molecule has 0 aliphatic carbocycles. The van der Waals surface area contributed by atoms with E-state index in [0.717, 1.165) is 41.2 Å². The Kier molecular flexibility index (Phi) is 8.21. The summed E-state index contributed by atoms with van der Waals surface area (Å²) >= 11 is 3.51. The van der Waals surface area contributed by atoms with Crippen LogP contribution >= 0.6 is 15.9 Å². The molecule has 0 radical (unpaired) electrons. The maximum absolute atomic E-state index is 5.38. The molecule has 0 saturated heterocycles. The van der Waals surface area contributed by atoms with Crippen LogP contribution in [0, 0.1) is 0 Å². The molecule has 0 atom stereocenters. The quantitative estimate of drug-likeness (QED) is 0.506. The van der Waals surface area contributed by atoms with Crippen molar-refractivity contribution in [2.75, 3.05) is 27.3 Å². The summed E-state index contributed by atoms with van der Waals surface area (Å²) in [5.74, 6) is 2.13. The molecule has 7 heteroatoms. The molecular weight excluding hydrogens is 396 g/mol. The molecule has 6 nitrogen and oxygen atoms in total. The van der Waals surface area contributed by atoms with Gasteiger partial charge in [-0.05, 0) is 52.7 Å². The van der Waals surface area contributed by atoms with Crippen LogP contribution in [0.3, 0.4) is 0 Å². The molecule has 0 unspecified atom stereocenters. The van der Waals surface area contributed by atoms with Gasteiger partial charge in [0, 0.05) is 31.4 Å². The molecule has 0 fully saturated rings. The van der Waals surface area contributed by atoms with Crippen molar-refractivity contribution < 1.29 is 9.47 Å². The predicted molar refractivity (Wildman–Crippen MR) is 108 cm³/mol. The van der Waals surface area contributed by atoms with Gasteiger partial charge in [0.25, 0.3) is 0 Å². The Labute approximate surface area is 163 Å². The van der Waals surface area contributed by atoms with Gasteiger partial charge in [-0.25, -0.2) is 4.99 Å². The Bertz CT molecular complexity index is 723. The first-order valence-electron chi connectivity index (χ1n) is 8.50. The van der Waals surface area contributed by atoms with E-state index in [9.17, 15) is 0 Å². The van der Waals surface area contributed by atoms with Crippen LogP contribution in [0.5, 0.6) is 11.5 Å². The van der Waals surface area contributed by atoms with Crippen molar-refractivity contribution in [2.45, 2.75) is 19.9 Å². The van der Waals surface area contributed by atoms with Crippen LogP contribution in [0.4, 0.5) is 0 Å². The Morgan fingerprint density at radius 1 is 1.19 bits per heavy atom. The van der Waals surface area contributed by atoms with Crippen LogP contribution in [-0.4, -0.2) is 38.3 Å². The number of aromatic nitrogens is 1. The van der Waals surface area contributed by atoms with Gasteiger partial charge in [0.1, 0.15) is 0 Å². The fraction of sp³-hybridized carbons (Fsp3) is 0.368. The van der Waals surface area contributed by atoms with Crippen LogP contribution < -0.4 is 20.1 Å². The number of halogens is 1. The number of methoxy groups -OCH3 is 2.